The molecule has 3 heterocycles. The maximum atomic E-state index is 13.0. The molecule has 0 aliphatic carbocycles. The van der Waals surface area contributed by atoms with Crippen molar-refractivity contribution in [1.82, 2.24) is 24.8 Å². The van der Waals surface area contributed by atoms with Crippen LogP contribution >= 0.6 is 0 Å². The second kappa shape index (κ2) is 7.58. The van der Waals surface area contributed by atoms with E-state index in [1.165, 1.54) is 12.1 Å². The molecule has 2 amide bonds. The quantitative estimate of drug-likeness (QED) is 0.747. The summed E-state index contributed by atoms with van der Waals surface area (Å²) in [6.07, 6.45) is 4.50. The Morgan fingerprint density at radius 3 is 2.82 bits per heavy atom. The SMILES string of the molecule is CC(C)n1c([C@H]2CCN(C(=O)NCc3ccc(F)cc3)C2)nc2ccncc21. The lowest BCUT2D eigenvalue weighted by molar-refractivity contribution is 0.207. The first kappa shape index (κ1) is 18.4. The number of benzene rings is 1. The van der Waals surface area contributed by atoms with Gasteiger partial charge in [0.25, 0.3) is 0 Å². The van der Waals surface area contributed by atoms with E-state index in [4.69, 9.17) is 4.98 Å². The number of nitrogens with zero attached hydrogens (tertiary/aromatic N) is 4. The van der Waals surface area contributed by atoms with E-state index in [2.05, 4.69) is 28.7 Å². The zero-order chi connectivity index (χ0) is 19.7. The highest BCUT2D eigenvalue weighted by atomic mass is 19.1. The number of halogens is 1. The second-order valence-corrected chi connectivity index (χ2v) is 7.51. The standard InChI is InChI=1S/C21H24FN5O/c1-14(2)27-19-12-23-9-7-18(19)25-20(27)16-8-10-26(13-16)21(28)24-11-15-3-5-17(22)6-4-15/h3-7,9,12,14,16H,8,10-11,13H2,1-2H3,(H,24,28)/t16-/m0/s1. The maximum absolute atomic E-state index is 13.0. The van der Waals surface area contributed by atoms with Crippen LogP contribution in [0, 0.1) is 5.82 Å². The summed E-state index contributed by atoms with van der Waals surface area (Å²) in [4.78, 5) is 23.5. The van der Waals surface area contributed by atoms with Crippen molar-refractivity contribution in [2.45, 2.75) is 38.8 Å². The number of nitrogens with one attached hydrogen (secondary N) is 1. The molecule has 0 unspecified atom stereocenters. The molecule has 1 aliphatic rings. The summed E-state index contributed by atoms with van der Waals surface area (Å²) in [6, 6.07) is 8.27. The number of pyridine rings is 1. The lowest BCUT2D eigenvalue weighted by Gasteiger charge is -2.19. The van der Waals surface area contributed by atoms with E-state index >= 15 is 0 Å². The average molecular weight is 381 g/mol. The third-order valence-corrected chi connectivity index (χ3v) is 5.23. The topological polar surface area (TPSA) is 63.1 Å². The Morgan fingerprint density at radius 1 is 1.29 bits per heavy atom. The van der Waals surface area contributed by atoms with Crippen molar-refractivity contribution < 1.29 is 9.18 Å². The van der Waals surface area contributed by atoms with Gasteiger partial charge in [-0.3, -0.25) is 4.98 Å². The van der Waals surface area contributed by atoms with Gasteiger partial charge in [-0.15, -0.1) is 0 Å². The Balaban J connectivity index is 1.45. The van der Waals surface area contributed by atoms with Crippen LogP contribution in [0.2, 0.25) is 0 Å². The second-order valence-electron chi connectivity index (χ2n) is 7.51. The molecule has 6 nitrogen and oxygen atoms in total. The van der Waals surface area contributed by atoms with Crippen LogP contribution in [0.1, 0.15) is 43.6 Å². The number of hydrogen-bond acceptors (Lipinski definition) is 3. The third kappa shape index (κ3) is 3.56. The summed E-state index contributed by atoms with van der Waals surface area (Å²) in [7, 11) is 0. The van der Waals surface area contributed by atoms with E-state index in [9.17, 15) is 9.18 Å². The molecular formula is C21H24FN5O. The first-order valence-electron chi connectivity index (χ1n) is 9.62. The minimum Gasteiger partial charge on any atom is -0.334 e. The molecule has 1 N–H and O–H groups in total. The molecule has 3 aromatic rings. The smallest absolute Gasteiger partial charge is 0.317 e. The fourth-order valence-corrected chi connectivity index (χ4v) is 3.84. The van der Waals surface area contributed by atoms with Crippen LogP contribution in [-0.4, -0.2) is 38.6 Å². The Bertz CT molecular complexity index is 982. The van der Waals surface area contributed by atoms with Crippen LogP contribution in [0.15, 0.2) is 42.7 Å². The summed E-state index contributed by atoms with van der Waals surface area (Å²) in [5, 5.41) is 2.92. The Hall–Kier alpha value is -2.96. The molecule has 2 aromatic heterocycles. The fraction of sp³-hybridized carbons (Fsp3) is 0.381. The van der Waals surface area contributed by atoms with Crippen LogP contribution in [0.25, 0.3) is 11.0 Å². The first-order valence-corrected chi connectivity index (χ1v) is 9.62. The van der Waals surface area contributed by atoms with Gasteiger partial charge >= 0.3 is 6.03 Å². The van der Waals surface area contributed by atoms with Crippen molar-refractivity contribution in [3.05, 3.63) is 59.9 Å². The van der Waals surface area contributed by atoms with Crippen LogP contribution in [0.4, 0.5) is 9.18 Å². The molecule has 7 heteroatoms. The molecule has 146 valence electrons. The number of carbonyl (C=O) groups is 1. The molecule has 1 aromatic carbocycles. The van der Waals surface area contributed by atoms with Crippen molar-refractivity contribution in [3.8, 4) is 0 Å². The van der Waals surface area contributed by atoms with Gasteiger partial charge < -0.3 is 14.8 Å². The Morgan fingerprint density at radius 2 is 2.07 bits per heavy atom. The predicted molar refractivity (Wildman–Crippen MR) is 105 cm³/mol. The highest BCUT2D eigenvalue weighted by Crippen LogP contribution is 2.31. The molecule has 1 saturated heterocycles. The van der Waals surface area contributed by atoms with Gasteiger partial charge in [0, 0.05) is 37.8 Å². The van der Waals surface area contributed by atoms with Gasteiger partial charge in [-0.25, -0.2) is 14.2 Å². The highest BCUT2D eigenvalue weighted by Gasteiger charge is 2.31. The molecule has 1 aliphatic heterocycles. The molecule has 1 fully saturated rings. The van der Waals surface area contributed by atoms with Crippen molar-refractivity contribution in [3.63, 3.8) is 0 Å². The molecule has 0 bridgehead atoms. The summed E-state index contributed by atoms with van der Waals surface area (Å²) in [5.41, 5.74) is 2.85. The molecule has 1 atom stereocenters. The number of aromatic nitrogens is 3. The van der Waals surface area contributed by atoms with E-state index in [-0.39, 0.29) is 23.8 Å². The average Bonchev–Trinajstić information content (AvgIpc) is 3.32. The number of likely N-dealkylation sites (tertiary alicyclic amines) is 1. The zero-order valence-corrected chi connectivity index (χ0v) is 16.1. The molecule has 0 saturated carbocycles. The third-order valence-electron chi connectivity index (χ3n) is 5.23. The van der Waals surface area contributed by atoms with Crippen molar-refractivity contribution in [2.24, 2.45) is 0 Å². The highest BCUT2D eigenvalue weighted by molar-refractivity contribution is 5.76. The number of fused-ring (bicyclic) bond motifs is 1. The van der Waals surface area contributed by atoms with Gasteiger partial charge in [0.15, 0.2) is 0 Å². The van der Waals surface area contributed by atoms with Crippen molar-refractivity contribution >= 4 is 17.1 Å². The first-order chi connectivity index (χ1) is 13.5. The number of imidazole rings is 1. The number of carbonyl (C=O) groups excluding carboxylic acids is 1. The van der Waals surface area contributed by atoms with E-state index in [1.54, 1.807) is 18.3 Å². The van der Waals surface area contributed by atoms with Crippen molar-refractivity contribution in [1.29, 1.82) is 0 Å². The molecule has 4 rings (SSSR count). The van der Waals surface area contributed by atoms with Gasteiger partial charge in [0.05, 0.1) is 17.2 Å². The molecule has 0 spiro atoms. The Labute approximate surface area is 163 Å². The normalized spacial score (nSPS) is 16.9. The molecular weight excluding hydrogens is 357 g/mol. The fourth-order valence-electron chi connectivity index (χ4n) is 3.84. The van der Waals surface area contributed by atoms with Gasteiger partial charge in [0.1, 0.15) is 11.6 Å². The van der Waals surface area contributed by atoms with Gasteiger partial charge in [0.2, 0.25) is 0 Å². The van der Waals surface area contributed by atoms with Crippen LogP contribution < -0.4 is 5.32 Å². The summed E-state index contributed by atoms with van der Waals surface area (Å²) in [5.74, 6) is 0.943. The maximum Gasteiger partial charge on any atom is 0.317 e. The number of hydrogen-bond donors (Lipinski definition) is 1. The van der Waals surface area contributed by atoms with E-state index in [1.807, 2.05) is 17.2 Å². The van der Waals surface area contributed by atoms with Gasteiger partial charge in [-0.05, 0) is 44.0 Å². The summed E-state index contributed by atoms with van der Waals surface area (Å²) < 4.78 is 15.2. The molecule has 0 radical (unpaired) electrons. The lowest BCUT2D eigenvalue weighted by Crippen LogP contribution is -2.38. The Kier molecular flexibility index (Phi) is 4.98. The van der Waals surface area contributed by atoms with Gasteiger partial charge in [-0.2, -0.15) is 0 Å². The number of urea groups is 1. The van der Waals surface area contributed by atoms with Crippen LogP contribution in [0.5, 0.6) is 0 Å². The number of rotatable bonds is 4. The lowest BCUT2D eigenvalue weighted by atomic mass is 10.1. The zero-order valence-electron chi connectivity index (χ0n) is 16.1. The monoisotopic (exact) mass is 381 g/mol. The van der Waals surface area contributed by atoms with E-state index in [0.29, 0.717) is 19.6 Å². The predicted octanol–water partition coefficient (Wildman–Crippen LogP) is 3.85. The minimum atomic E-state index is -0.277. The van der Waals surface area contributed by atoms with E-state index in [0.717, 1.165) is 28.8 Å². The van der Waals surface area contributed by atoms with Crippen LogP contribution in [-0.2, 0) is 6.54 Å². The summed E-state index contributed by atoms with van der Waals surface area (Å²) >= 11 is 0. The van der Waals surface area contributed by atoms with Crippen LogP contribution in [0.3, 0.4) is 0 Å². The van der Waals surface area contributed by atoms with Crippen molar-refractivity contribution in [2.75, 3.05) is 13.1 Å². The van der Waals surface area contributed by atoms with E-state index < -0.39 is 0 Å². The number of amides is 2. The minimum absolute atomic E-state index is 0.0966. The van der Waals surface area contributed by atoms with Gasteiger partial charge in [-0.1, -0.05) is 12.1 Å². The molecule has 28 heavy (non-hydrogen) atoms. The largest absolute Gasteiger partial charge is 0.334 e. The summed E-state index contributed by atoms with van der Waals surface area (Å²) in [6.45, 7) is 5.99.